The quantitative estimate of drug-likeness (QED) is 0.457. The zero-order valence-corrected chi connectivity index (χ0v) is 18.5. The maximum absolute atomic E-state index is 12.4. The van der Waals surface area contributed by atoms with E-state index in [-0.39, 0.29) is 32.0 Å². The van der Waals surface area contributed by atoms with Gasteiger partial charge in [-0.25, -0.2) is 9.59 Å². The molecule has 0 saturated carbocycles. The van der Waals surface area contributed by atoms with E-state index in [9.17, 15) is 19.5 Å². The molecule has 1 atom stereocenters. The van der Waals surface area contributed by atoms with Crippen LogP contribution in [0.1, 0.15) is 35.4 Å². The van der Waals surface area contributed by atoms with Crippen LogP contribution in [0.2, 0.25) is 0 Å². The third-order valence-electron chi connectivity index (χ3n) is 5.81. The summed E-state index contributed by atoms with van der Waals surface area (Å²) in [6, 6.07) is 23.8. The van der Waals surface area contributed by atoms with E-state index in [4.69, 9.17) is 9.47 Å². The number of carbonyl (C=O) groups is 3. The molecule has 0 spiro atoms. The van der Waals surface area contributed by atoms with Crippen molar-refractivity contribution >= 4 is 18.0 Å². The Labute approximate surface area is 197 Å². The highest BCUT2D eigenvalue weighted by Crippen LogP contribution is 2.44. The number of hydrogen-bond donors (Lipinski definition) is 2. The normalized spacial score (nSPS) is 12.8. The van der Waals surface area contributed by atoms with Crippen molar-refractivity contribution in [2.24, 2.45) is 0 Å². The topological polar surface area (TPSA) is 102 Å². The first-order valence-electron chi connectivity index (χ1n) is 11.1. The molecule has 0 bridgehead atoms. The minimum absolute atomic E-state index is 0.0747. The largest absolute Gasteiger partial charge is 0.480 e. The Bertz CT molecular complexity index is 1130. The number of carbonyl (C=O) groups excluding carboxylic acids is 2. The molecule has 0 radical (unpaired) electrons. The average molecular weight is 459 g/mol. The maximum atomic E-state index is 12.4. The molecule has 3 aromatic carbocycles. The predicted octanol–water partition coefficient (Wildman–Crippen LogP) is 4.50. The second-order valence-corrected chi connectivity index (χ2v) is 8.05. The molecule has 174 valence electrons. The van der Waals surface area contributed by atoms with Crippen molar-refractivity contribution in [3.05, 3.63) is 95.6 Å². The van der Waals surface area contributed by atoms with Gasteiger partial charge in [0.1, 0.15) is 19.3 Å². The Morgan fingerprint density at radius 1 is 0.824 bits per heavy atom. The fourth-order valence-electron chi connectivity index (χ4n) is 4.11. The number of fused-ring (bicyclic) bond motifs is 3. The first-order valence-corrected chi connectivity index (χ1v) is 11.1. The number of aliphatic carboxylic acids is 1. The van der Waals surface area contributed by atoms with Crippen LogP contribution in [0, 0.1) is 0 Å². The van der Waals surface area contributed by atoms with Crippen LogP contribution in [0.3, 0.4) is 0 Å². The fraction of sp³-hybridized carbons (Fsp3) is 0.222. The van der Waals surface area contributed by atoms with Crippen LogP contribution in [0.4, 0.5) is 4.79 Å². The lowest BCUT2D eigenvalue weighted by Crippen LogP contribution is -2.41. The highest BCUT2D eigenvalue weighted by molar-refractivity contribution is 5.81. The van der Waals surface area contributed by atoms with Gasteiger partial charge in [0.15, 0.2) is 0 Å². The lowest BCUT2D eigenvalue weighted by molar-refractivity contribution is -0.145. The Morgan fingerprint density at radius 3 is 2.03 bits per heavy atom. The standard InChI is InChI=1S/C27H25NO6/c29-25(33-16-18-8-2-1-3-9-18)15-14-24(26(30)31)28-27(32)34-17-23-21-12-6-4-10-19(21)20-11-5-7-13-22(20)23/h1-13,23-24H,14-17H2,(H,28,32)(H,30,31)/t24-/m0/s1. The summed E-state index contributed by atoms with van der Waals surface area (Å²) in [5.74, 6) is -1.91. The van der Waals surface area contributed by atoms with Crippen LogP contribution in [-0.4, -0.2) is 35.8 Å². The number of esters is 1. The van der Waals surface area contributed by atoms with Crippen molar-refractivity contribution in [1.29, 1.82) is 0 Å². The average Bonchev–Trinajstić information content (AvgIpc) is 3.18. The lowest BCUT2D eigenvalue weighted by Gasteiger charge is -2.17. The monoisotopic (exact) mass is 459 g/mol. The van der Waals surface area contributed by atoms with Gasteiger partial charge in [0.2, 0.25) is 0 Å². The van der Waals surface area contributed by atoms with E-state index in [0.717, 1.165) is 27.8 Å². The van der Waals surface area contributed by atoms with E-state index >= 15 is 0 Å². The minimum Gasteiger partial charge on any atom is -0.480 e. The maximum Gasteiger partial charge on any atom is 0.407 e. The van der Waals surface area contributed by atoms with Gasteiger partial charge >= 0.3 is 18.0 Å². The summed E-state index contributed by atoms with van der Waals surface area (Å²) in [6.07, 6.45) is -1.09. The Balaban J connectivity index is 1.29. The number of carboxylic acid groups (broad SMARTS) is 1. The minimum atomic E-state index is -1.26. The molecule has 3 aromatic rings. The number of alkyl carbamates (subject to hydrolysis) is 1. The first-order chi connectivity index (χ1) is 16.5. The molecule has 1 aliphatic carbocycles. The van der Waals surface area contributed by atoms with Crippen molar-refractivity contribution in [3.63, 3.8) is 0 Å². The van der Waals surface area contributed by atoms with Gasteiger partial charge in [0.25, 0.3) is 0 Å². The van der Waals surface area contributed by atoms with Crippen molar-refractivity contribution in [2.75, 3.05) is 6.61 Å². The second kappa shape index (κ2) is 10.7. The molecule has 0 fully saturated rings. The fourth-order valence-corrected chi connectivity index (χ4v) is 4.11. The number of amides is 1. The van der Waals surface area contributed by atoms with Crippen LogP contribution in [0.5, 0.6) is 0 Å². The van der Waals surface area contributed by atoms with E-state index in [2.05, 4.69) is 5.32 Å². The van der Waals surface area contributed by atoms with Crippen LogP contribution in [-0.2, 0) is 25.7 Å². The zero-order chi connectivity index (χ0) is 23.9. The molecule has 1 aliphatic rings. The van der Waals surface area contributed by atoms with Gasteiger partial charge in [0.05, 0.1) is 0 Å². The SMILES string of the molecule is O=C(CC[C@H](NC(=O)OCC1c2ccccc2-c2ccccc21)C(=O)O)OCc1ccccc1. The predicted molar refractivity (Wildman–Crippen MR) is 125 cm³/mol. The highest BCUT2D eigenvalue weighted by Gasteiger charge is 2.29. The molecule has 0 aliphatic heterocycles. The van der Waals surface area contributed by atoms with Crippen molar-refractivity contribution in [1.82, 2.24) is 5.32 Å². The van der Waals surface area contributed by atoms with E-state index in [1.54, 1.807) is 0 Å². The van der Waals surface area contributed by atoms with E-state index in [1.165, 1.54) is 0 Å². The molecule has 0 unspecified atom stereocenters. The Kier molecular flexibility index (Phi) is 7.22. The van der Waals surface area contributed by atoms with Crippen LogP contribution >= 0.6 is 0 Å². The van der Waals surface area contributed by atoms with Gasteiger partial charge in [0, 0.05) is 12.3 Å². The number of nitrogens with one attached hydrogen (secondary N) is 1. The lowest BCUT2D eigenvalue weighted by atomic mass is 9.98. The van der Waals surface area contributed by atoms with E-state index in [1.807, 2.05) is 78.9 Å². The summed E-state index contributed by atoms with van der Waals surface area (Å²) in [5, 5.41) is 11.8. The summed E-state index contributed by atoms with van der Waals surface area (Å²) in [4.78, 5) is 36.0. The van der Waals surface area contributed by atoms with Gasteiger partial charge in [-0.1, -0.05) is 78.9 Å². The van der Waals surface area contributed by atoms with Crippen LogP contribution < -0.4 is 5.32 Å². The third-order valence-corrected chi connectivity index (χ3v) is 5.81. The molecule has 4 rings (SSSR count). The van der Waals surface area contributed by atoms with Crippen LogP contribution in [0.25, 0.3) is 11.1 Å². The number of carboxylic acids is 1. The van der Waals surface area contributed by atoms with Crippen LogP contribution in [0.15, 0.2) is 78.9 Å². The number of benzene rings is 3. The molecule has 0 heterocycles. The molecule has 7 nitrogen and oxygen atoms in total. The highest BCUT2D eigenvalue weighted by atomic mass is 16.5. The summed E-state index contributed by atoms with van der Waals surface area (Å²) in [5.41, 5.74) is 5.16. The zero-order valence-electron chi connectivity index (χ0n) is 18.5. The summed E-state index contributed by atoms with van der Waals surface area (Å²) in [7, 11) is 0. The molecular formula is C27H25NO6. The summed E-state index contributed by atoms with van der Waals surface area (Å²) >= 11 is 0. The second-order valence-electron chi connectivity index (χ2n) is 8.05. The van der Waals surface area contributed by atoms with Gasteiger partial charge in [-0.15, -0.1) is 0 Å². The summed E-state index contributed by atoms with van der Waals surface area (Å²) in [6.45, 7) is 0.183. The van der Waals surface area contributed by atoms with Gasteiger partial charge in [-0.2, -0.15) is 0 Å². The van der Waals surface area contributed by atoms with E-state index < -0.39 is 24.1 Å². The van der Waals surface area contributed by atoms with Crippen molar-refractivity contribution in [3.8, 4) is 11.1 Å². The van der Waals surface area contributed by atoms with E-state index in [0.29, 0.717) is 0 Å². The van der Waals surface area contributed by atoms with Crippen molar-refractivity contribution < 1.29 is 29.0 Å². The molecular weight excluding hydrogens is 434 g/mol. The Morgan fingerprint density at radius 2 is 1.41 bits per heavy atom. The molecule has 7 heteroatoms. The smallest absolute Gasteiger partial charge is 0.407 e. The molecule has 2 N–H and O–H groups in total. The Hall–Kier alpha value is -4.13. The number of ether oxygens (including phenoxy) is 2. The number of rotatable bonds is 9. The van der Waals surface area contributed by atoms with Crippen molar-refractivity contribution in [2.45, 2.75) is 31.4 Å². The first kappa shape index (κ1) is 23.0. The van der Waals surface area contributed by atoms with Gasteiger partial charge < -0.3 is 19.9 Å². The molecule has 34 heavy (non-hydrogen) atoms. The number of hydrogen-bond acceptors (Lipinski definition) is 5. The molecule has 0 saturated heterocycles. The third kappa shape index (κ3) is 5.43. The van der Waals surface area contributed by atoms with Gasteiger partial charge in [-0.3, -0.25) is 4.79 Å². The molecule has 1 amide bonds. The molecule has 0 aromatic heterocycles. The summed E-state index contributed by atoms with van der Waals surface area (Å²) < 4.78 is 10.6. The van der Waals surface area contributed by atoms with Gasteiger partial charge in [-0.05, 0) is 34.2 Å².